The quantitative estimate of drug-likeness (QED) is 0.611. The lowest BCUT2D eigenvalue weighted by Crippen LogP contribution is -2.60. The molecule has 1 heteroatoms. The third-order valence-corrected chi connectivity index (χ3v) is 4.33. The highest BCUT2D eigenvalue weighted by Crippen LogP contribution is 2.47. The normalized spacial score (nSPS) is 38.0. The van der Waals surface area contributed by atoms with E-state index in [4.69, 9.17) is 0 Å². The maximum atomic E-state index is 2.72. The minimum Gasteiger partial charge on any atom is -0.297 e. The van der Waals surface area contributed by atoms with Crippen molar-refractivity contribution >= 4 is 0 Å². The molecule has 2 saturated heterocycles. The standard InChI is InChI=1S/C11H21N/c1-9(2)10(3)11-5-4-7-12(11)8-6-11/h9-10H,4-8H2,1-3H3. The fourth-order valence-corrected chi connectivity index (χ4v) is 3.11. The molecule has 0 aliphatic carbocycles. The van der Waals surface area contributed by atoms with Gasteiger partial charge in [0.15, 0.2) is 0 Å². The average molecular weight is 167 g/mol. The van der Waals surface area contributed by atoms with E-state index in [-0.39, 0.29) is 0 Å². The van der Waals surface area contributed by atoms with E-state index in [2.05, 4.69) is 25.7 Å². The molecule has 0 aromatic rings. The molecule has 2 atom stereocenters. The molecule has 2 heterocycles. The van der Waals surface area contributed by atoms with E-state index in [0.29, 0.717) is 5.54 Å². The van der Waals surface area contributed by atoms with Gasteiger partial charge in [0.2, 0.25) is 0 Å². The zero-order chi connectivity index (χ0) is 8.77. The molecule has 0 saturated carbocycles. The van der Waals surface area contributed by atoms with E-state index in [0.717, 1.165) is 11.8 Å². The van der Waals surface area contributed by atoms with Gasteiger partial charge in [0, 0.05) is 12.1 Å². The zero-order valence-corrected chi connectivity index (χ0v) is 8.64. The number of fused-ring (bicyclic) bond motifs is 1. The summed E-state index contributed by atoms with van der Waals surface area (Å²) in [7, 11) is 0. The Balaban J connectivity index is 2.10. The van der Waals surface area contributed by atoms with E-state index < -0.39 is 0 Å². The molecule has 0 amide bonds. The first kappa shape index (κ1) is 8.55. The lowest BCUT2D eigenvalue weighted by molar-refractivity contribution is -0.0332. The molecule has 2 unspecified atom stereocenters. The highest BCUT2D eigenvalue weighted by Gasteiger charge is 2.51. The summed E-state index contributed by atoms with van der Waals surface area (Å²) in [5.74, 6) is 1.75. The Morgan fingerprint density at radius 2 is 1.83 bits per heavy atom. The smallest absolute Gasteiger partial charge is 0.0250 e. The Bertz CT molecular complexity index is 176. The lowest BCUT2D eigenvalue weighted by Gasteiger charge is -2.53. The lowest BCUT2D eigenvalue weighted by atomic mass is 9.70. The van der Waals surface area contributed by atoms with Crippen LogP contribution in [0.3, 0.4) is 0 Å². The van der Waals surface area contributed by atoms with E-state index in [1.165, 1.54) is 32.4 Å². The van der Waals surface area contributed by atoms with Crippen LogP contribution >= 0.6 is 0 Å². The van der Waals surface area contributed by atoms with Crippen LogP contribution in [0.1, 0.15) is 40.0 Å². The van der Waals surface area contributed by atoms with Crippen molar-refractivity contribution in [1.82, 2.24) is 4.90 Å². The first-order valence-electron chi connectivity index (χ1n) is 5.42. The van der Waals surface area contributed by atoms with Crippen LogP contribution in [-0.2, 0) is 0 Å². The van der Waals surface area contributed by atoms with Gasteiger partial charge in [-0.05, 0) is 37.6 Å². The number of nitrogens with zero attached hydrogens (tertiary/aromatic N) is 1. The van der Waals surface area contributed by atoms with Crippen molar-refractivity contribution in [3.63, 3.8) is 0 Å². The first-order valence-corrected chi connectivity index (χ1v) is 5.42. The molecule has 0 radical (unpaired) electrons. The van der Waals surface area contributed by atoms with Gasteiger partial charge in [0.25, 0.3) is 0 Å². The second kappa shape index (κ2) is 2.73. The fourth-order valence-electron chi connectivity index (χ4n) is 3.11. The molecule has 12 heavy (non-hydrogen) atoms. The molecule has 0 spiro atoms. The Labute approximate surface area is 76.1 Å². The van der Waals surface area contributed by atoms with Gasteiger partial charge in [-0.25, -0.2) is 0 Å². The number of rotatable bonds is 2. The second-order valence-electron chi connectivity index (χ2n) is 4.98. The molecule has 2 aliphatic rings. The molecule has 0 N–H and O–H groups in total. The molecule has 2 aliphatic heterocycles. The van der Waals surface area contributed by atoms with Gasteiger partial charge in [-0.3, -0.25) is 4.90 Å². The monoisotopic (exact) mass is 167 g/mol. The van der Waals surface area contributed by atoms with E-state index >= 15 is 0 Å². The molecule has 2 rings (SSSR count). The zero-order valence-electron chi connectivity index (χ0n) is 8.64. The van der Waals surface area contributed by atoms with Crippen LogP contribution in [0.2, 0.25) is 0 Å². The highest BCUT2D eigenvalue weighted by atomic mass is 15.3. The molecule has 0 aromatic heterocycles. The Hall–Kier alpha value is -0.0400. The molecular weight excluding hydrogens is 146 g/mol. The van der Waals surface area contributed by atoms with Gasteiger partial charge >= 0.3 is 0 Å². The third-order valence-electron chi connectivity index (χ3n) is 4.33. The van der Waals surface area contributed by atoms with Crippen LogP contribution in [0.15, 0.2) is 0 Å². The van der Waals surface area contributed by atoms with Gasteiger partial charge in [-0.1, -0.05) is 20.8 Å². The van der Waals surface area contributed by atoms with E-state index in [9.17, 15) is 0 Å². The van der Waals surface area contributed by atoms with Gasteiger partial charge in [-0.2, -0.15) is 0 Å². The summed E-state index contributed by atoms with van der Waals surface area (Å²) in [6, 6.07) is 0. The number of hydrogen-bond acceptors (Lipinski definition) is 1. The topological polar surface area (TPSA) is 3.24 Å². The summed E-state index contributed by atoms with van der Waals surface area (Å²) in [6.07, 6.45) is 4.37. The second-order valence-corrected chi connectivity index (χ2v) is 4.98. The van der Waals surface area contributed by atoms with Gasteiger partial charge < -0.3 is 0 Å². The van der Waals surface area contributed by atoms with Crippen LogP contribution in [0, 0.1) is 11.8 Å². The molecule has 0 aromatic carbocycles. The largest absolute Gasteiger partial charge is 0.297 e. The van der Waals surface area contributed by atoms with Crippen LogP contribution in [-0.4, -0.2) is 23.5 Å². The minimum atomic E-state index is 0.647. The summed E-state index contributed by atoms with van der Waals surface area (Å²) >= 11 is 0. The maximum Gasteiger partial charge on any atom is 0.0250 e. The fraction of sp³-hybridized carbons (Fsp3) is 1.00. The van der Waals surface area contributed by atoms with Crippen molar-refractivity contribution in [1.29, 1.82) is 0 Å². The van der Waals surface area contributed by atoms with E-state index in [1.54, 1.807) is 0 Å². The van der Waals surface area contributed by atoms with Crippen LogP contribution in [0.5, 0.6) is 0 Å². The SMILES string of the molecule is CC(C)C(C)C12CCCN1CC2. The summed E-state index contributed by atoms with van der Waals surface area (Å²) in [6.45, 7) is 9.93. The summed E-state index contributed by atoms with van der Waals surface area (Å²) in [4.78, 5) is 2.72. The molecular formula is C11H21N. The van der Waals surface area contributed by atoms with Crippen molar-refractivity contribution in [2.45, 2.75) is 45.6 Å². The Morgan fingerprint density at radius 3 is 2.25 bits per heavy atom. The predicted octanol–water partition coefficient (Wildman–Crippen LogP) is 2.52. The van der Waals surface area contributed by atoms with Crippen molar-refractivity contribution in [2.24, 2.45) is 11.8 Å². The molecule has 1 nitrogen and oxygen atoms in total. The summed E-state index contributed by atoms with van der Waals surface area (Å²) in [5, 5.41) is 0. The van der Waals surface area contributed by atoms with Crippen LogP contribution in [0.25, 0.3) is 0 Å². The van der Waals surface area contributed by atoms with Crippen molar-refractivity contribution in [3.05, 3.63) is 0 Å². The van der Waals surface area contributed by atoms with Gasteiger partial charge in [0.05, 0.1) is 0 Å². The first-order chi connectivity index (χ1) is 5.67. The third kappa shape index (κ3) is 0.953. The predicted molar refractivity (Wildman–Crippen MR) is 52.2 cm³/mol. The minimum absolute atomic E-state index is 0.647. The molecule has 70 valence electrons. The van der Waals surface area contributed by atoms with Crippen molar-refractivity contribution in [2.75, 3.05) is 13.1 Å². The maximum absolute atomic E-state index is 2.72. The number of hydrogen-bond donors (Lipinski definition) is 0. The molecule has 2 fully saturated rings. The van der Waals surface area contributed by atoms with Crippen LogP contribution < -0.4 is 0 Å². The van der Waals surface area contributed by atoms with Crippen molar-refractivity contribution < 1.29 is 0 Å². The van der Waals surface area contributed by atoms with Gasteiger partial charge in [0.1, 0.15) is 0 Å². The van der Waals surface area contributed by atoms with Crippen LogP contribution in [0.4, 0.5) is 0 Å². The van der Waals surface area contributed by atoms with Crippen molar-refractivity contribution in [3.8, 4) is 0 Å². The Kier molecular flexibility index (Phi) is 1.95. The highest BCUT2D eigenvalue weighted by molar-refractivity contribution is 5.07. The molecule has 0 bridgehead atoms. The average Bonchev–Trinajstić information content (AvgIpc) is 2.27. The Morgan fingerprint density at radius 1 is 1.08 bits per heavy atom. The summed E-state index contributed by atoms with van der Waals surface area (Å²) < 4.78 is 0. The summed E-state index contributed by atoms with van der Waals surface area (Å²) in [5.41, 5.74) is 0.647. The van der Waals surface area contributed by atoms with Gasteiger partial charge in [-0.15, -0.1) is 0 Å². The van der Waals surface area contributed by atoms with E-state index in [1.807, 2.05) is 0 Å².